The minimum absolute atomic E-state index is 0.0919. The number of methoxy groups -OCH3 is 1. The van der Waals surface area contributed by atoms with Crippen LogP contribution in [0.25, 0.3) is 6.08 Å². The maximum atomic E-state index is 12.6. The standard InChI is InChI=1S/C21H22N2O3S/c1-14(2)16-10-8-15(9-11-16)12-19-20(24)23(21(25)27-19)13-22-17-6-4-5-7-18(17)26-3/h4-12,14,22H,13H2,1-3H3/b19-12+. The molecule has 2 aromatic carbocycles. The van der Waals surface area contributed by atoms with Gasteiger partial charge in [-0.2, -0.15) is 0 Å². The molecular weight excluding hydrogens is 360 g/mol. The molecule has 0 saturated carbocycles. The molecule has 27 heavy (non-hydrogen) atoms. The number of ether oxygens (including phenoxy) is 1. The lowest BCUT2D eigenvalue weighted by molar-refractivity contribution is -0.122. The van der Waals surface area contributed by atoms with E-state index >= 15 is 0 Å². The summed E-state index contributed by atoms with van der Waals surface area (Å²) < 4.78 is 5.27. The van der Waals surface area contributed by atoms with Crippen LogP contribution in [-0.4, -0.2) is 29.8 Å². The van der Waals surface area contributed by atoms with Crippen LogP contribution in [0.1, 0.15) is 30.9 Å². The first-order chi connectivity index (χ1) is 13.0. The predicted octanol–water partition coefficient (Wildman–Crippen LogP) is 4.92. The smallest absolute Gasteiger partial charge is 0.295 e. The Bertz CT molecular complexity index is 875. The van der Waals surface area contributed by atoms with E-state index in [9.17, 15) is 9.59 Å². The van der Waals surface area contributed by atoms with E-state index in [1.165, 1.54) is 10.5 Å². The minimum Gasteiger partial charge on any atom is -0.495 e. The molecule has 0 radical (unpaired) electrons. The lowest BCUT2D eigenvalue weighted by atomic mass is 10.0. The molecule has 3 rings (SSSR count). The van der Waals surface area contributed by atoms with Gasteiger partial charge >= 0.3 is 0 Å². The van der Waals surface area contributed by atoms with Crippen molar-refractivity contribution < 1.29 is 14.3 Å². The third-order valence-corrected chi connectivity index (χ3v) is 5.22. The molecule has 6 heteroatoms. The zero-order chi connectivity index (χ0) is 19.4. The number of para-hydroxylation sites is 2. The highest BCUT2D eigenvalue weighted by Crippen LogP contribution is 2.33. The molecule has 1 aliphatic rings. The SMILES string of the molecule is COc1ccccc1NCN1C(=O)S/C(=C/c2ccc(C(C)C)cc2)C1=O. The molecule has 0 aromatic heterocycles. The van der Waals surface area contributed by atoms with Crippen LogP contribution >= 0.6 is 11.8 Å². The highest BCUT2D eigenvalue weighted by atomic mass is 32.2. The number of rotatable bonds is 6. The van der Waals surface area contributed by atoms with E-state index in [-0.39, 0.29) is 17.8 Å². The predicted molar refractivity (Wildman–Crippen MR) is 110 cm³/mol. The Balaban J connectivity index is 1.71. The van der Waals surface area contributed by atoms with Crippen LogP contribution in [0, 0.1) is 0 Å². The molecule has 2 aromatic rings. The van der Waals surface area contributed by atoms with E-state index in [1.807, 2.05) is 48.5 Å². The van der Waals surface area contributed by atoms with Crippen LogP contribution in [0.15, 0.2) is 53.4 Å². The molecule has 1 aliphatic heterocycles. The molecule has 2 amide bonds. The summed E-state index contributed by atoms with van der Waals surface area (Å²) in [6, 6.07) is 15.4. The quantitative estimate of drug-likeness (QED) is 0.718. The van der Waals surface area contributed by atoms with Gasteiger partial charge in [-0.1, -0.05) is 50.2 Å². The number of carbonyl (C=O) groups is 2. The average molecular weight is 382 g/mol. The number of hydrogen-bond acceptors (Lipinski definition) is 5. The lowest BCUT2D eigenvalue weighted by Crippen LogP contribution is -2.33. The van der Waals surface area contributed by atoms with E-state index in [2.05, 4.69) is 19.2 Å². The van der Waals surface area contributed by atoms with Crippen molar-refractivity contribution in [2.45, 2.75) is 19.8 Å². The third-order valence-electron chi connectivity index (χ3n) is 4.31. The molecule has 0 unspecified atom stereocenters. The average Bonchev–Trinajstić information content (AvgIpc) is 2.93. The molecular formula is C21H22N2O3S. The topological polar surface area (TPSA) is 58.6 Å². The maximum Gasteiger partial charge on any atom is 0.295 e. The molecule has 0 aliphatic carbocycles. The fourth-order valence-electron chi connectivity index (χ4n) is 2.72. The van der Waals surface area contributed by atoms with Gasteiger partial charge in [-0.3, -0.25) is 14.5 Å². The number of carbonyl (C=O) groups excluding carboxylic acids is 2. The van der Waals surface area contributed by atoms with E-state index < -0.39 is 0 Å². The number of nitrogens with zero attached hydrogens (tertiary/aromatic N) is 1. The van der Waals surface area contributed by atoms with Gasteiger partial charge in [0, 0.05) is 0 Å². The van der Waals surface area contributed by atoms with Crippen LogP contribution in [0.5, 0.6) is 5.75 Å². The second-order valence-electron chi connectivity index (χ2n) is 6.47. The fourth-order valence-corrected chi connectivity index (χ4v) is 3.56. The highest BCUT2D eigenvalue weighted by Gasteiger charge is 2.34. The summed E-state index contributed by atoms with van der Waals surface area (Å²) in [6.07, 6.45) is 1.76. The molecule has 0 bridgehead atoms. The normalized spacial score (nSPS) is 15.7. The number of nitrogens with one attached hydrogen (secondary N) is 1. The first-order valence-electron chi connectivity index (χ1n) is 8.72. The summed E-state index contributed by atoms with van der Waals surface area (Å²) in [7, 11) is 1.58. The van der Waals surface area contributed by atoms with E-state index in [4.69, 9.17) is 4.74 Å². The fraction of sp³-hybridized carbons (Fsp3) is 0.238. The first-order valence-corrected chi connectivity index (χ1v) is 9.53. The Morgan fingerprint density at radius 1 is 1.11 bits per heavy atom. The molecule has 140 valence electrons. The summed E-state index contributed by atoms with van der Waals surface area (Å²) in [6.45, 7) is 4.36. The Labute approximate surface area is 163 Å². The van der Waals surface area contributed by atoms with Gasteiger partial charge in [-0.25, -0.2) is 0 Å². The summed E-state index contributed by atoms with van der Waals surface area (Å²) >= 11 is 0.960. The summed E-state index contributed by atoms with van der Waals surface area (Å²) in [5.74, 6) is 0.818. The number of anilines is 1. The van der Waals surface area contributed by atoms with Crippen LogP contribution < -0.4 is 10.1 Å². The number of amides is 2. The molecule has 1 fully saturated rings. The Hall–Kier alpha value is -2.73. The van der Waals surface area contributed by atoms with Crippen LogP contribution in [-0.2, 0) is 4.79 Å². The number of imide groups is 1. The molecule has 1 heterocycles. The van der Waals surface area contributed by atoms with Crippen LogP contribution in [0.3, 0.4) is 0 Å². The van der Waals surface area contributed by atoms with Gasteiger partial charge in [-0.05, 0) is 47.0 Å². The van der Waals surface area contributed by atoms with Crippen molar-refractivity contribution in [2.24, 2.45) is 0 Å². The van der Waals surface area contributed by atoms with Gasteiger partial charge in [0.25, 0.3) is 11.1 Å². The van der Waals surface area contributed by atoms with Crippen molar-refractivity contribution in [1.29, 1.82) is 0 Å². The zero-order valence-electron chi connectivity index (χ0n) is 15.6. The summed E-state index contributed by atoms with van der Waals surface area (Å²) in [5.41, 5.74) is 2.87. The Morgan fingerprint density at radius 3 is 2.48 bits per heavy atom. The van der Waals surface area contributed by atoms with Crippen LogP contribution in [0.2, 0.25) is 0 Å². The van der Waals surface area contributed by atoms with Crippen molar-refractivity contribution in [2.75, 3.05) is 19.1 Å². The molecule has 0 spiro atoms. The summed E-state index contributed by atoms with van der Waals surface area (Å²) in [4.78, 5) is 26.5. The highest BCUT2D eigenvalue weighted by molar-refractivity contribution is 8.18. The van der Waals surface area contributed by atoms with Gasteiger partial charge in [-0.15, -0.1) is 0 Å². The molecule has 1 N–H and O–H groups in total. The van der Waals surface area contributed by atoms with Crippen LogP contribution in [0.4, 0.5) is 10.5 Å². The van der Waals surface area contributed by atoms with E-state index in [0.717, 1.165) is 23.0 Å². The first kappa shape index (κ1) is 19.0. The van der Waals surface area contributed by atoms with Crippen molar-refractivity contribution >= 4 is 34.7 Å². The lowest BCUT2D eigenvalue weighted by Gasteiger charge is -2.16. The number of thioether (sulfide) groups is 1. The van der Waals surface area contributed by atoms with Gasteiger partial charge in [0.15, 0.2) is 0 Å². The molecule has 5 nitrogen and oxygen atoms in total. The second kappa shape index (κ2) is 8.31. The number of hydrogen-bond donors (Lipinski definition) is 1. The van der Waals surface area contributed by atoms with Crippen molar-refractivity contribution in [3.8, 4) is 5.75 Å². The van der Waals surface area contributed by atoms with Gasteiger partial charge < -0.3 is 10.1 Å². The minimum atomic E-state index is -0.291. The van der Waals surface area contributed by atoms with Crippen molar-refractivity contribution in [3.63, 3.8) is 0 Å². The molecule has 0 atom stereocenters. The second-order valence-corrected chi connectivity index (χ2v) is 7.46. The summed E-state index contributed by atoms with van der Waals surface area (Å²) in [5, 5.41) is 2.81. The van der Waals surface area contributed by atoms with Gasteiger partial charge in [0.05, 0.1) is 24.4 Å². The van der Waals surface area contributed by atoms with E-state index in [0.29, 0.717) is 16.6 Å². The molecule has 1 saturated heterocycles. The van der Waals surface area contributed by atoms with Crippen molar-refractivity contribution in [1.82, 2.24) is 4.90 Å². The Morgan fingerprint density at radius 2 is 1.81 bits per heavy atom. The monoisotopic (exact) mass is 382 g/mol. The van der Waals surface area contributed by atoms with Crippen molar-refractivity contribution in [3.05, 3.63) is 64.6 Å². The third kappa shape index (κ3) is 4.34. The van der Waals surface area contributed by atoms with E-state index in [1.54, 1.807) is 13.2 Å². The zero-order valence-corrected chi connectivity index (χ0v) is 16.4. The number of benzene rings is 2. The van der Waals surface area contributed by atoms with Gasteiger partial charge in [0.1, 0.15) is 5.75 Å². The Kier molecular flexibility index (Phi) is 5.86. The maximum absolute atomic E-state index is 12.6. The van der Waals surface area contributed by atoms with Gasteiger partial charge in [0.2, 0.25) is 0 Å². The largest absolute Gasteiger partial charge is 0.495 e.